The van der Waals surface area contributed by atoms with Crippen molar-refractivity contribution in [2.24, 2.45) is 0 Å². The van der Waals surface area contributed by atoms with Gasteiger partial charge >= 0.3 is 0 Å². The fourth-order valence-corrected chi connectivity index (χ4v) is 1.67. The molecular weight excluding hydrogens is 299 g/mol. The molecule has 0 aliphatic carbocycles. The summed E-state index contributed by atoms with van der Waals surface area (Å²) in [6.07, 6.45) is 3.20. The SMILES string of the molecule is Cc1ccncc1NC(=O)c1ccc(Br)c(F)c1. The van der Waals surface area contributed by atoms with Crippen LogP contribution in [0.25, 0.3) is 0 Å². The number of nitrogens with zero attached hydrogens (tertiary/aromatic N) is 1. The van der Waals surface area contributed by atoms with E-state index in [-0.39, 0.29) is 11.5 Å². The average Bonchev–Trinajstić information content (AvgIpc) is 2.35. The number of amides is 1. The number of hydrogen-bond donors (Lipinski definition) is 1. The summed E-state index contributed by atoms with van der Waals surface area (Å²) in [7, 11) is 0. The van der Waals surface area contributed by atoms with Crippen molar-refractivity contribution in [2.45, 2.75) is 6.92 Å². The van der Waals surface area contributed by atoms with Gasteiger partial charge in [-0.25, -0.2) is 4.39 Å². The molecule has 0 saturated heterocycles. The molecule has 2 rings (SSSR count). The van der Waals surface area contributed by atoms with Crippen molar-refractivity contribution in [3.63, 3.8) is 0 Å². The second-order valence-electron chi connectivity index (χ2n) is 3.77. The molecule has 0 fully saturated rings. The molecule has 0 atom stereocenters. The third-order valence-electron chi connectivity index (χ3n) is 2.47. The first-order valence-corrected chi connectivity index (χ1v) is 6.04. The van der Waals surface area contributed by atoms with Gasteiger partial charge in [-0.1, -0.05) is 0 Å². The van der Waals surface area contributed by atoms with Gasteiger partial charge in [0.2, 0.25) is 0 Å². The molecule has 0 bridgehead atoms. The molecule has 0 saturated carbocycles. The number of aryl methyl sites for hydroxylation is 1. The van der Waals surface area contributed by atoms with Crippen LogP contribution in [0.3, 0.4) is 0 Å². The van der Waals surface area contributed by atoms with Gasteiger partial charge in [-0.15, -0.1) is 0 Å². The molecular formula is C13H10BrFN2O. The van der Waals surface area contributed by atoms with Crippen LogP contribution in [0.1, 0.15) is 15.9 Å². The van der Waals surface area contributed by atoms with E-state index in [1.165, 1.54) is 12.1 Å². The lowest BCUT2D eigenvalue weighted by Crippen LogP contribution is -2.13. The van der Waals surface area contributed by atoms with E-state index in [2.05, 4.69) is 26.2 Å². The molecule has 0 radical (unpaired) electrons. The maximum Gasteiger partial charge on any atom is 0.255 e. The van der Waals surface area contributed by atoms with Crippen molar-refractivity contribution < 1.29 is 9.18 Å². The Labute approximate surface area is 112 Å². The van der Waals surface area contributed by atoms with Crippen LogP contribution >= 0.6 is 15.9 Å². The van der Waals surface area contributed by atoms with Crippen molar-refractivity contribution in [1.29, 1.82) is 0 Å². The molecule has 18 heavy (non-hydrogen) atoms. The topological polar surface area (TPSA) is 42.0 Å². The van der Waals surface area contributed by atoms with Crippen LogP contribution < -0.4 is 5.32 Å². The highest BCUT2D eigenvalue weighted by Crippen LogP contribution is 2.18. The Morgan fingerprint density at radius 2 is 2.17 bits per heavy atom. The summed E-state index contributed by atoms with van der Waals surface area (Å²) in [5.74, 6) is -0.831. The monoisotopic (exact) mass is 308 g/mol. The van der Waals surface area contributed by atoms with Crippen molar-refractivity contribution >= 4 is 27.5 Å². The molecule has 0 aliphatic heterocycles. The zero-order valence-corrected chi connectivity index (χ0v) is 11.2. The van der Waals surface area contributed by atoms with E-state index < -0.39 is 5.82 Å². The van der Waals surface area contributed by atoms with E-state index in [4.69, 9.17) is 0 Å². The summed E-state index contributed by atoms with van der Waals surface area (Å²) in [5, 5.41) is 2.69. The standard InChI is InChI=1S/C13H10BrFN2O/c1-8-4-5-16-7-12(8)17-13(18)9-2-3-10(14)11(15)6-9/h2-7H,1H3,(H,17,18). The van der Waals surface area contributed by atoms with Crippen LogP contribution in [0.5, 0.6) is 0 Å². The summed E-state index contributed by atoms with van der Waals surface area (Å²) in [5.41, 5.74) is 1.78. The molecule has 0 spiro atoms. The molecule has 0 aliphatic rings. The lowest BCUT2D eigenvalue weighted by molar-refractivity contribution is 0.102. The molecule has 1 amide bonds. The van der Waals surface area contributed by atoms with Crippen LogP contribution in [0.4, 0.5) is 10.1 Å². The summed E-state index contributed by atoms with van der Waals surface area (Å²) in [6.45, 7) is 1.86. The van der Waals surface area contributed by atoms with Crippen LogP contribution in [-0.2, 0) is 0 Å². The quantitative estimate of drug-likeness (QED) is 0.922. The first-order chi connectivity index (χ1) is 8.58. The summed E-state index contributed by atoms with van der Waals surface area (Å²) in [6, 6.07) is 6.03. The number of halogens is 2. The van der Waals surface area contributed by atoms with Gasteiger partial charge < -0.3 is 5.32 Å². The van der Waals surface area contributed by atoms with E-state index in [0.717, 1.165) is 5.56 Å². The van der Waals surface area contributed by atoms with E-state index in [1.807, 2.05) is 6.92 Å². The molecule has 92 valence electrons. The second kappa shape index (κ2) is 5.27. The second-order valence-corrected chi connectivity index (χ2v) is 4.63. The van der Waals surface area contributed by atoms with Crippen LogP contribution in [0.2, 0.25) is 0 Å². The Kier molecular flexibility index (Phi) is 3.72. The molecule has 0 unspecified atom stereocenters. The number of benzene rings is 1. The Balaban J connectivity index is 2.22. The normalized spacial score (nSPS) is 10.2. The van der Waals surface area contributed by atoms with E-state index >= 15 is 0 Å². The third kappa shape index (κ3) is 2.73. The smallest absolute Gasteiger partial charge is 0.255 e. The maximum absolute atomic E-state index is 13.3. The fourth-order valence-electron chi connectivity index (χ4n) is 1.43. The van der Waals surface area contributed by atoms with Gasteiger partial charge in [-0.3, -0.25) is 9.78 Å². The number of hydrogen-bond acceptors (Lipinski definition) is 2. The van der Waals surface area contributed by atoms with E-state index in [0.29, 0.717) is 10.2 Å². The number of rotatable bonds is 2. The van der Waals surface area contributed by atoms with Crippen molar-refractivity contribution in [3.8, 4) is 0 Å². The van der Waals surface area contributed by atoms with Crippen LogP contribution in [0, 0.1) is 12.7 Å². The summed E-state index contributed by atoms with van der Waals surface area (Å²) in [4.78, 5) is 15.8. The Hall–Kier alpha value is -1.75. The van der Waals surface area contributed by atoms with Crippen LogP contribution in [0.15, 0.2) is 41.1 Å². The average molecular weight is 309 g/mol. The number of anilines is 1. The molecule has 1 heterocycles. The number of carbonyl (C=O) groups excluding carboxylic acids is 1. The predicted octanol–water partition coefficient (Wildman–Crippen LogP) is 3.54. The van der Waals surface area contributed by atoms with Crippen molar-refractivity contribution in [3.05, 3.63) is 58.1 Å². The van der Waals surface area contributed by atoms with E-state index in [1.54, 1.807) is 24.5 Å². The van der Waals surface area contributed by atoms with Gasteiger partial charge in [-0.05, 0) is 52.7 Å². The van der Waals surface area contributed by atoms with Crippen molar-refractivity contribution in [1.82, 2.24) is 4.98 Å². The number of aromatic nitrogens is 1. The zero-order valence-electron chi connectivity index (χ0n) is 9.58. The van der Waals surface area contributed by atoms with Crippen LogP contribution in [-0.4, -0.2) is 10.9 Å². The van der Waals surface area contributed by atoms with E-state index in [9.17, 15) is 9.18 Å². The fraction of sp³-hybridized carbons (Fsp3) is 0.0769. The minimum absolute atomic E-state index is 0.263. The highest BCUT2D eigenvalue weighted by atomic mass is 79.9. The summed E-state index contributed by atoms with van der Waals surface area (Å²) < 4.78 is 13.6. The lowest BCUT2D eigenvalue weighted by atomic mass is 10.2. The number of nitrogens with one attached hydrogen (secondary N) is 1. The third-order valence-corrected chi connectivity index (χ3v) is 3.11. The predicted molar refractivity (Wildman–Crippen MR) is 71.0 cm³/mol. The Morgan fingerprint density at radius 1 is 1.39 bits per heavy atom. The first kappa shape index (κ1) is 12.7. The van der Waals surface area contributed by atoms with Gasteiger partial charge in [0.05, 0.1) is 16.4 Å². The minimum Gasteiger partial charge on any atom is -0.320 e. The molecule has 2 aromatic rings. The molecule has 1 N–H and O–H groups in total. The Bertz CT molecular complexity index is 601. The highest BCUT2D eigenvalue weighted by molar-refractivity contribution is 9.10. The van der Waals surface area contributed by atoms with Gasteiger partial charge in [0.25, 0.3) is 5.91 Å². The van der Waals surface area contributed by atoms with Gasteiger partial charge in [-0.2, -0.15) is 0 Å². The van der Waals surface area contributed by atoms with Crippen molar-refractivity contribution in [2.75, 3.05) is 5.32 Å². The Morgan fingerprint density at radius 3 is 2.83 bits per heavy atom. The molecule has 5 heteroatoms. The highest BCUT2D eigenvalue weighted by Gasteiger charge is 2.10. The number of carbonyl (C=O) groups is 1. The molecule has 1 aromatic carbocycles. The first-order valence-electron chi connectivity index (χ1n) is 5.25. The van der Waals surface area contributed by atoms with Gasteiger partial charge in [0, 0.05) is 11.8 Å². The molecule has 3 nitrogen and oxygen atoms in total. The number of pyridine rings is 1. The summed E-state index contributed by atoms with van der Waals surface area (Å²) >= 11 is 3.04. The van der Waals surface area contributed by atoms with Gasteiger partial charge in [0.1, 0.15) is 5.82 Å². The maximum atomic E-state index is 13.3. The zero-order chi connectivity index (χ0) is 13.1. The molecule has 1 aromatic heterocycles. The largest absolute Gasteiger partial charge is 0.320 e. The lowest BCUT2D eigenvalue weighted by Gasteiger charge is -2.07. The minimum atomic E-state index is -0.467. The van der Waals surface area contributed by atoms with Gasteiger partial charge in [0.15, 0.2) is 0 Å².